The molecular formula is C14H26N8O6. The fourth-order valence-electron chi connectivity index (χ4n) is 1.69. The molecule has 0 saturated heterocycles. The molecule has 0 aliphatic carbocycles. The van der Waals surface area contributed by atoms with E-state index in [0.29, 0.717) is 12.8 Å². The van der Waals surface area contributed by atoms with Gasteiger partial charge in [-0.25, -0.2) is 19.2 Å². The van der Waals surface area contributed by atoms with E-state index < -0.39 is 36.0 Å². The highest BCUT2D eigenvalue weighted by atomic mass is 16.6. The van der Waals surface area contributed by atoms with Gasteiger partial charge in [0.15, 0.2) is 11.9 Å². The van der Waals surface area contributed by atoms with Crippen molar-refractivity contribution in [1.82, 2.24) is 0 Å². The van der Waals surface area contributed by atoms with Crippen molar-refractivity contribution in [3.63, 3.8) is 0 Å². The van der Waals surface area contributed by atoms with Crippen LogP contribution >= 0.6 is 0 Å². The summed E-state index contributed by atoms with van der Waals surface area (Å²) in [5, 5.41) is 0. The van der Waals surface area contributed by atoms with E-state index in [-0.39, 0.29) is 37.9 Å². The molecule has 12 N–H and O–H groups in total. The first-order valence-electron chi connectivity index (χ1n) is 8.18. The first-order valence-corrected chi connectivity index (χ1v) is 8.18. The standard InChI is InChI=1S/C14H26N8O6/c15-7(3-1-5-21-13(17)18)9(23)27-11(25)12(26)28-10(24)8(16)4-2-6-22-14(19)20/h7-8H,1-6,15-16H2,(H4,17,18,21)(H4,19,20,22)/t7-,8-/m0/s1. The summed E-state index contributed by atoms with van der Waals surface area (Å²) < 4.78 is 8.51. The molecular weight excluding hydrogens is 376 g/mol. The Balaban J connectivity index is 4.29. The van der Waals surface area contributed by atoms with Crippen LogP contribution < -0.4 is 34.4 Å². The van der Waals surface area contributed by atoms with Crippen molar-refractivity contribution in [2.24, 2.45) is 44.4 Å². The Bertz CT molecular complexity index is 573. The summed E-state index contributed by atoms with van der Waals surface area (Å²) in [6, 6.07) is -2.39. The molecule has 0 fully saturated rings. The first kappa shape index (κ1) is 24.7. The van der Waals surface area contributed by atoms with Crippen LogP contribution in [0.25, 0.3) is 0 Å². The maximum absolute atomic E-state index is 11.6. The normalized spacial score (nSPS) is 12.2. The predicted molar refractivity (Wildman–Crippen MR) is 98.0 cm³/mol. The highest BCUT2D eigenvalue weighted by Crippen LogP contribution is 2.01. The van der Waals surface area contributed by atoms with E-state index in [1.54, 1.807) is 0 Å². The Morgan fingerprint density at radius 1 is 0.679 bits per heavy atom. The van der Waals surface area contributed by atoms with Crippen LogP contribution in [0.4, 0.5) is 0 Å². The molecule has 0 aliphatic heterocycles. The Morgan fingerprint density at radius 3 is 1.29 bits per heavy atom. The lowest BCUT2D eigenvalue weighted by atomic mass is 10.2. The fraction of sp³-hybridized carbons (Fsp3) is 0.571. The molecule has 0 aromatic heterocycles. The Labute approximate surface area is 160 Å². The zero-order chi connectivity index (χ0) is 21.7. The third kappa shape index (κ3) is 11.4. The van der Waals surface area contributed by atoms with Crippen LogP contribution in [0.5, 0.6) is 0 Å². The van der Waals surface area contributed by atoms with Crippen LogP contribution in [-0.4, -0.2) is 61.0 Å². The monoisotopic (exact) mass is 402 g/mol. The number of carbonyl (C=O) groups excluding carboxylic acids is 4. The second-order valence-electron chi connectivity index (χ2n) is 5.53. The Hall–Kier alpha value is -3.26. The van der Waals surface area contributed by atoms with E-state index in [4.69, 9.17) is 34.4 Å². The molecule has 158 valence electrons. The molecule has 0 amide bonds. The van der Waals surface area contributed by atoms with Gasteiger partial charge in [-0.1, -0.05) is 0 Å². The van der Waals surface area contributed by atoms with Crippen LogP contribution in [-0.2, 0) is 28.7 Å². The third-order valence-electron chi connectivity index (χ3n) is 3.09. The maximum Gasteiger partial charge on any atom is 0.425 e. The summed E-state index contributed by atoms with van der Waals surface area (Å²) in [4.78, 5) is 53.6. The number of nitrogens with zero attached hydrogens (tertiary/aromatic N) is 2. The van der Waals surface area contributed by atoms with E-state index in [2.05, 4.69) is 19.5 Å². The summed E-state index contributed by atoms with van der Waals surface area (Å²) in [5.41, 5.74) is 31.6. The lowest BCUT2D eigenvalue weighted by molar-refractivity contribution is -0.178. The number of hydrogen-bond donors (Lipinski definition) is 6. The third-order valence-corrected chi connectivity index (χ3v) is 3.09. The zero-order valence-electron chi connectivity index (χ0n) is 15.2. The predicted octanol–water partition coefficient (Wildman–Crippen LogP) is -4.11. The minimum atomic E-state index is -1.69. The number of ether oxygens (including phenoxy) is 2. The molecule has 0 spiro atoms. The molecule has 0 aromatic carbocycles. The van der Waals surface area contributed by atoms with Crippen molar-refractivity contribution in [2.45, 2.75) is 37.8 Å². The molecule has 0 aromatic rings. The molecule has 0 rings (SSSR count). The highest BCUT2D eigenvalue weighted by Gasteiger charge is 2.28. The number of nitrogens with two attached hydrogens (primary N) is 6. The second-order valence-corrected chi connectivity index (χ2v) is 5.53. The van der Waals surface area contributed by atoms with Crippen LogP contribution in [0.1, 0.15) is 25.7 Å². The van der Waals surface area contributed by atoms with E-state index in [1.165, 1.54) is 0 Å². The molecule has 0 heterocycles. The van der Waals surface area contributed by atoms with E-state index >= 15 is 0 Å². The summed E-state index contributed by atoms with van der Waals surface area (Å²) in [7, 11) is 0. The van der Waals surface area contributed by atoms with Crippen LogP contribution in [0.15, 0.2) is 9.98 Å². The van der Waals surface area contributed by atoms with Crippen molar-refractivity contribution >= 4 is 35.8 Å². The van der Waals surface area contributed by atoms with Gasteiger partial charge in [0.2, 0.25) is 0 Å². The maximum atomic E-state index is 11.6. The van der Waals surface area contributed by atoms with Crippen molar-refractivity contribution in [1.29, 1.82) is 0 Å². The molecule has 14 nitrogen and oxygen atoms in total. The molecule has 14 heteroatoms. The number of carbonyl (C=O) groups is 4. The Morgan fingerprint density at radius 2 is 1.00 bits per heavy atom. The van der Waals surface area contributed by atoms with E-state index in [1.807, 2.05) is 0 Å². The number of rotatable bonds is 10. The van der Waals surface area contributed by atoms with Gasteiger partial charge in [0.1, 0.15) is 12.1 Å². The number of esters is 4. The minimum Gasteiger partial charge on any atom is -0.383 e. The quantitative estimate of drug-likeness (QED) is 0.0508. The van der Waals surface area contributed by atoms with Gasteiger partial charge in [0.05, 0.1) is 0 Å². The largest absolute Gasteiger partial charge is 0.425 e. The fourth-order valence-corrected chi connectivity index (χ4v) is 1.69. The zero-order valence-corrected chi connectivity index (χ0v) is 15.2. The van der Waals surface area contributed by atoms with E-state index in [9.17, 15) is 19.2 Å². The van der Waals surface area contributed by atoms with Crippen molar-refractivity contribution in [3.8, 4) is 0 Å². The molecule has 0 unspecified atom stereocenters. The average Bonchev–Trinajstić information content (AvgIpc) is 2.61. The van der Waals surface area contributed by atoms with Gasteiger partial charge in [0, 0.05) is 13.1 Å². The van der Waals surface area contributed by atoms with E-state index in [0.717, 1.165) is 0 Å². The molecule has 0 bridgehead atoms. The number of guanidine groups is 2. The molecule has 0 saturated carbocycles. The van der Waals surface area contributed by atoms with Gasteiger partial charge < -0.3 is 43.9 Å². The molecule has 0 aliphatic rings. The smallest absolute Gasteiger partial charge is 0.383 e. The van der Waals surface area contributed by atoms with Gasteiger partial charge in [-0.05, 0) is 25.7 Å². The SMILES string of the molecule is NC(N)=NCCC[C@H](N)C(=O)OC(=O)C(=O)OC(=O)[C@@H](N)CCCN=C(N)N. The highest BCUT2D eigenvalue weighted by molar-refractivity contribution is 6.33. The van der Waals surface area contributed by atoms with Crippen LogP contribution in [0.3, 0.4) is 0 Å². The molecule has 28 heavy (non-hydrogen) atoms. The summed E-state index contributed by atoms with van der Waals surface area (Å²) in [6.07, 6.45) is 0.856. The van der Waals surface area contributed by atoms with Crippen molar-refractivity contribution in [3.05, 3.63) is 0 Å². The van der Waals surface area contributed by atoms with Gasteiger partial charge in [0.25, 0.3) is 0 Å². The average molecular weight is 402 g/mol. The van der Waals surface area contributed by atoms with Gasteiger partial charge in [-0.3, -0.25) is 9.98 Å². The lowest BCUT2D eigenvalue weighted by Gasteiger charge is -2.11. The molecule has 2 atom stereocenters. The second kappa shape index (κ2) is 13.0. The molecule has 0 radical (unpaired) electrons. The Kier molecular flexibility index (Phi) is 11.5. The summed E-state index contributed by atoms with van der Waals surface area (Å²) in [6.45, 7) is 0.434. The van der Waals surface area contributed by atoms with Crippen molar-refractivity contribution in [2.75, 3.05) is 13.1 Å². The lowest BCUT2D eigenvalue weighted by Crippen LogP contribution is -2.39. The summed E-state index contributed by atoms with van der Waals surface area (Å²) in [5.74, 6) is -5.95. The first-order chi connectivity index (χ1) is 13.0. The summed E-state index contributed by atoms with van der Waals surface area (Å²) >= 11 is 0. The van der Waals surface area contributed by atoms with Crippen LogP contribution in [0.2, 0.25) is 0 Å². The topological polar surface area (TPSA) is 268 Å². The number of aliphatic imine (C=N–C) groups is 2. The van der Waals surface area contributed by atoms with Crippen LogP contribution in [0, 0.1) is 0 Å². The van der Waals surface area contributed by atoms with Gasteiger partial charge >= 0.3 is 23.9 Å². The number of hydrogen-bond acceptors (Lipinski definition) is 10. The van der Waals surface area contributed by atoms with Gasteiger partial charge in [-0.15, -0.1) is 0 Å². The van der Waals surface area contributed by atoms with Gasteiger partial charge in [-0.2, -0.15) is 0 Å². The van der Waals surface area contributed by atoms with Crippen molar-refractivity contribution < 1.29 is 28.7 Å². The minimum absolute atomic E-state index is 0.0948.